The molecule has 9 heteroatoms. The summed E-state index contributed by atoms with van der Waals surface area (Å²) < 4.78 is 1.57. The first-order valence-corrected chi connectivity index (χ1v) is 13.3. The average molecular weight is 533 g/mol. The number of pyridine rings is 2. The van der Waals surface area contributed by atoms with Crippen LogP contribution in [-0.4, -0.2) is 54.8 Å². The van der Waals surface area contributed by atoms with Crippen LogP contribution in [0.5, 0.6) is 0 Å². The number of ketones is 1. The van der Waals surface area contributed by atoms with Crippen LogP contribution in [0.25, 0.3) is 32.9 Å². The van der Waals surface area contributed by atoms with Gasteiger partial charge in [-0.2, -0.15) is 5.10 Å². The molecule has 2 aromatic carbocycles. The second kappa shape index (κ2) is 10.3. The Morgan fingerprint density at radius 1 is 1.00 bits per heavy atom. The lowest BCUT2D eigenvalue weighted by molar-refractivity contribution is -0.137. The highest BCUT2D eigenvalue weighted by atomic mass is 16.2. The Morgan fingerprint density at radius 2 is 1.82 bits per heavy atom. The minimum atomic E-state index is -0.586. The summed E-state index contributed by atoms with van der Waals surface area (Å²) in [6, 6.07) is 20.6. The van der Waals surface area contributed by atoms with Crippen molar-refractivity contribution in [3.63, 3.8) is 0 Å². The van der Waals surface area contributed by atoms with Crippen molar-refractivity contribution in [2.24, 2.45) is 0 Å². The maximum absolute atomic E-state index is 13.4. The number of anilines is 1. The molecular weight excluding hydrogens is 504 g/mol. The van der Waals surface area contributed by atoms with E-state index in [2.05, 4.69) is 20.4 Å². The molecule has 1 aliphatic rings. The Morgan fingerprint density at radius 3 is 2.65 bits per heavy atom. The molecule has 1 N–H and O–H groups in total. The van der Waals surface area contributed by atoms with Crippen molar-refractivity contribution >= 4 is 45.2 Å². The highest BCUT2D eigenvalue weighted by molar-refractivity contribution is 6.06. The van der Waals surface area contributed by atoms with Gasteiger partial charge in [-0.25, -0.2) is 4.98 Å². The number of likely N-dealkylation sites (tertiary alicyclic amines) is 1. The van der Waals surface area contributed by atoms with Crippen LogP contribution in [-0.2, 0) is 16.1 Å². The lowest BCUT2D eigenvalue weighted by Gasteiger charge is -2.24. The van der Waals surface area contributed by atoms with Crippen LogP contribution >= 0.6 is 0 Å². The Kier molecular flexibility index (Phi) is 6.55. The largest absolute Gasteiger partial charge is 0.329 e. The van der Waals surface area contributed by atoms with E-state index in [1.165, 1.54) is 6.92 Å². The van der Waals surface area contributed by atoms with Gasteiger partial charge in [0.25, 0.3) is 0 Å². The first kappa shape index (κ1) is 25.4. The minimum Gasteiger partial charge on any atom is -0.329 e. The average Bonchev–Trinajstić information content (AvgIpc) is 3.58. The van der Waals surface area contributed by atoms with Crippen LogP contribution in [0, 0.1) is 6.92 Å². The fourth-order valence-corrected chi connectivity index (χ4v) is 5.36. The van der Waals surface area contributed by atoms with Gasteiger partial charge in [0.15, 0.2) is 5.78 Å². The highest BCUT2D eigenvalue weighted by Gasteiger charge is 2.34. The minimum absolute atomic E-state index is 0.0739. The van der Waals surface area contributed by atoms with Crippen LogP contribution in [0.3, 0.4) is 0 Å². The fourth-order valence-electron chi connectivity index (χ4n) is 5.36. The van der Waals surface area contributed by atoms with Crippen molar-refractivity contribution in [2.75, 3.05) is 11.9 Å². The molecule has 1 atom stereocenters. The van der Waals surface area contributed by atoms with Crippen molar-refractivity contribution < 1.29 is 14.4 Å². The molecule has 200 valence electrons. The zero-order valence-corrected chi connectivity index (χ0v) is 22.3. The topological polar surface area (TPSA) is 110 Å². The first-order chi connectivity index (χ1) is 19.4. The van der Waals surface area contributed by atoms with E-state index in [4.69, 9.17) is 0 Å². The molecule has 3 aromatic heterocycles. The van der Waals surface area contributed by atoms with E-state index < -0.39 is 6.04 Å². The molecule has 6 rings (SSSR count). The smallest absolute Gasteiger partial charge is 0.248 e. The molecule has 0 bridgehead atoms. The normalized spacial score (nSPS) is 15.1. The Bertz CT molecular complexity index is 1790. The third kappa shape index (κ3) is 4.82. The number of hydrogen-bond donors (Lipinski definition) is 1. The quantitative estimate of drug-likeness (QED) is 0.315. The maximum Gasteiger partial charge on any atom is 0.248 e. The van der Waals surface area contributed by atoms with E-state index in [0.717, 1.165) is 34.1 Å². The number of aromatic nitrogens is 4. The number of benzene rings is 2. The van der Waals surface area contributed by atoms with Gasteiger partial charge in [-0.3, -0.25) is 24.0 Å². The van der Waals surface area contributed by atoms with Crippen LogP contribution in [0.2, 0.25) is 0 Å². The van der Waals surface area contributed by atoms with E-state index in [-0.39, 0.29) is 24.1 Å². The monoisotopic (exact) mass is 532 g/mol. The molecule has 40 heavy (non-hydrogen) atoms. The SMILES string of the molecule is CC(=O)c1nn(CC(=O)N2CCC[C@H]2C(=O)Nc2cccc(C)n2)c2ccc(-c3ccc4cccnc4c3)cc12. The Labute approximate surface area is 230 Å². The van der Waals surface area contributed by atoms with E-state index in [1.807, 2.05) is 67.6 Å². The summed E-state index contributed by atoms with van der Waals surface area (Å²) in [5, 5.41) is 9.10. The molecule has 0 aliphatic carbocycles. The number of fused-ring (bicyclic) bond motifs is 2. The van der Waals surface area contributed by atoms with Crippen molar-refractivity contribution in [2.45, 2.75) is 39.3 Å². The van der Waals surface area contributed by atoms with Crippen molar-refractivity contribution in [1.29, 1.82) is 0 Å². The second-order valence-corrected chi connectivity index (χ2v) is 10.1. The third-order valence-electron chi connectivity index (χ3n) is 7.32. The Balaban J connectivity index is 1.27. The number of rotatable bonds is 6. The van der Waals surface area contributed by atoms with Gasteiger partial charge in [0.1, 0.15) is 24.1 Å². The number of nitrogens with one attached hydrogen (secondary N) is 1. The number of aryl methyl sites for hydroxylation is 1. The van der Waals surface area contributed by atoms with Crippen LogP contribution in [0.4, 0.5) is 5.82 Å². The van der Waals surface area contributed by atoms with Crippen LogP contribution in [0.1, 0.15) is 35.9 Å². The summed E-state index contributed by atoms with van der Waals surface area (Å²) in [4.78, 5) is 49.4. The maximum atomic E-state index is 13.4. The first-order valence-electron chi connectivity index (χ1n) is 13.3. The van der Waals surface area contributed by atoms with Gasteiger partial charge in [-0.1, -0.05) is 30.3 Å². The standard InChI is InChI=1S/C31H28N6O3/c1-19-6-3-9-28(33-19)34-31(40)27-8-5-15-36(27)29(39)18-37-26-13-12-22(16-24(26)30(35-37)20(2)38)23-11-10-21-7-4-14-32-25(21)17-23/h3-4,6-7,9-14,16-17,27H,5,8,15,18H2,1-2H3,(H,33,34,40)/t27-/m0/s1. The molecule has 0 radical (unpaired) electrons. The summed E-state index contributed by atoms with van der Waals surface area (Å²) in [6.45, 7) is 3.74. The summed E-state index contributed by atoms with van der Waals surface area (Å²) in [5.74, 6) is -0.198. The van der Waals surface area contributed by atoms with E-state index in [0.29, 0.717) is 35.4 Å². The lowest BCUT2D eigenvalue weighted by Crippen LogP contribution is -2.44. The highest BCUT2D eigenvalue weighted by Crippen LogP contribution is 2.29. The van der Waals surface area contributed by atoms with Crippen molar-refractivity contribution in [3.8, 4) is 11.1 Å². The summed E-state index contributed by atoms with van der Waals surface area (Å²) in [7, 11) is 0. The molecule has 0 unspecified atom stereocenters. The number of carbonyl (C=O) groups is 3. The van der Waals surface area contributed by atoms with Gasteiger partial charge < -0.3 is 10.2 Å². The number of nitrogens with zero attached hydrogens (tertiary/aromatic N) is 5. The van der Waals surface area contributed by atoms with Gasteiger partial charge >= 0.3 is 0 Å². The van der Waals surface area contributed by atoms with Gasteiger partial charge in [0, 0.05) is 36.1 Å². The van der Waals surface area contributed by atoms with Gasteiger partial charge in [-0.05, 0) is 67.3 Å². The molecule has 4 heterocycles. The van der Waals surface area contributed by atoms with Gasteiger partial charge in [0.2, 0.25) is 11.8 Å². The molecule has 1 fully saturated rings. The number of hydrogen-bond acceptors (Lipinski definition) is 6. The lowest BCUT2D eigenvalue weighted by atomic mass is 10.0. The molecule has 2 amide bonds. The van der Waals surface area contributed by atoms with E-state index in [1.54, 1.807) is 21.8 Å². The molecule has 0 spiro atoms. The van der Waals surface area contributed by atoms with Crippen molar-refractivity contribution in [3.05, 3.63) is 84.3 Å². The Hall–Kier alpha value is -4.92. The number of amides is 2. The third-order valence-corrected chi connectivity index (χ3v) is 7.32. The zero-order chi connectivity index (χ0) is 27.8. The summed E-state index contributed by atoms with van der Waals surface area (Å²) >= 11 is 0. The molecule has 1 aliphatic heterocycles. The predicted octanol–water partition coefficient (Wildman–Crippen LogP) is 4.79. The molecule has 5 aromatic rings. The van der Waals surface area contributed by atoms with Crippen LogP contribution < -0.4 is 5.32 Å². The fraction of sp³-hybridized carbons (Fsp3) is 0.226. The zero-order valence-electron chi connectivity index (χ0n) is 22.3. The number of Topliss-reactive ketones (excluding diaryl/α,β-unsaturated/α-hetero) is 1. The van der Waals surface area contributed by atoms with Crippen LogP contribution in [0.15, 0.2) is 72.9 Å². The van der Waals surface area contributed by atoms with Crippen molar-refractivity contribution in [1.82, 2.24) is 24.6 Å². The summed E-state index contributed by atoms with van der Waals surface area (Å²) in [5.41, 5.74) is 4.57. The van der Waals surface area contributed by atoms with E-state index >= 15 is 0 Å². The number of carbonyl (C=O) groups excluding carboxylic acids is 3. The molecule has 1 saturated heterocycles. The van der Waals surface area contributed by atoms with E-state index in [9.17, 15) is 14.4 Å². The molecule has 9 nitrogen and oxygen atoms in total. The summed E-state index contributed by atoms with van der Waals surface area (Å²) in [6.07, 6.45) is 3.07. The molecular formula is C31H28N6O3. The molecule has 0 saturated carbocycles. The second-order valence-electron chi connectivity index (χ2n) is 10.1. The van der Waals surface area contributed by atoms with Gasteiger partial charge in [0.05, 0.1) is 11.0 Å². The predicted molar refractivity (Wildman–Crippen MR) is 153 cm³/mol. The van der Waals surface area contributed by atoms with Gasteiger partial charge in [-0.15, -0.1) is 0 Å².